The van der Waals surface area contributed by atoms with Crippen LogP contribution >= 0.6 is 0 Å². The first-order chi connectivity index (χ1) is 1.73. The summed E-state index contributed by atoms with van der Waals surface area (Å²) in [5.74, 6) is 0. The Labute approximate surface area is 78.7 Å². The Balaban J connectivity index is -0.00000000750. The van der Waals surface area contributed by atoms with Gasteiger partial charge in [0.05, 0.1) is 0 Å². The molecule has 0 aliphatic heterocycles. The van der Waals surface area contributed by atoms with E-state index in [4.69, 9.17) is 15.0 Å². The van der Waals surface area contributed by atoms with Crippen molar-refractivity contribution in [3.05, 3.63) is 0 Å². The molecule has 0 saturated heterocycles. The molecule has 0 radical (unpaired) electrons. The molecule has 0 aromatic carbocycles. The molecule has 0 aliphatic carbocycles. The number of carbonyl (C=O) groups is 1. The zero-order chi connectivity index (χ0) is 3.58. The third kappa shape index (κ3) is 422. The molecular weight excluding hydrogens is 142 g/mol. The van der Waals surface area contributed by atoms with Crippen molar-refractivity contribution < 1.29 is 55.5 Å². The summed E-state index contributed by atoms with van der Waals surface area (Å²) in [4.78, 5) is 8.33. The summed E-state index contributed by atoms with van der Waals surface area (Å²) in [5, 5.41) is 16.7. The molecule has 0 spiro atoms. The van der Waals surface area contributed by atoms with Crippen LogP contribution < -0.4 is 39.8 Å². The standard InChI is InChI=1S/CH2O3.Al.Na.2H2O/c2-1(3)4;;;;/h(H2,2,3,4);;;2*1H2/q;+3;+1;;/p-3. The monoisotopic (exact) mass is 145 g/mol. The fourth-order valence-electron chi connectivity index (χ4n) is 0. The fraction of sp³-hybridized carbons (Fsp3) is 0. The third-order valence-corrected chi connectivity index (χ3v) is 0. The Morgan fingerprint density at radius 1 is 1.25 bits per heavy atom. The maximum atomic E-state index is 8.33. The van der Waals surface area contributed by atoms with E-state index in [1.54, 1.807) is 0 Å². The molecule has 3 N–H and O–H groups in total. The van der Waals surface area contributed by atoms with Gasteiger partial charge in [0.1, 0.15) is 0 Å². The number of hydrogen-bond acceptors (Lipinski definition) is 4. The molecule has 0 aromatic rings. The van der Waals surface area contributed by atoms with Crippen molar-refractivity contribution in [1.82, 2.24) is 0 Å². The second-order valence-electron chi connectivity index (χ2n) is 0.250. The molecule has 0 saturated carbocycles. The number of rotatable bonds is 0. The van der Waals surface area contributed by atoms with Gasteiger partial charge in [-0.3, -0.25) is 0 Å². The van der Waals surface area contributed by atoms with E-state index >= 15 is 0 Å². The second kappa shape index (κ2) is 25.2. The average molecular weight is 145 g/mol. The zero-order valence-corrected chi connectivity index (χ0v) is 7.40. The fourth-order valence-corrected chi connectivity index (χ4v) is 0. The van der Waals surface area contributed by atoms with Crippen molar-refractivity contribution in [2.24, 2.45) is 0 Å². The maximum Gasteiger partial charge on any atom is 3.00 e. The molecule has 8 heavy (non-hydrogen) atoms. The van der Waals surface area contributed by atoms with Crippen LogP contribution in [0.2, 0.25) is 0 Å². The average Bonchev–Trinajstić information content (AvgIpc) is 0.811. The van der Waals surface area contributed by atoms with Gasteiger partial charge in [0, 0.05) is 0 Å². The van der Waals surface area contributed by atoms with Crippen molar-refractivity contribution in [2.45, 2.75) is 0 Å². The van der Waals surface area contributed by atoms with Crippen LogP contribution in [0.1, 0.15) is 0 Å². The smallest absolute Gasteiger partial charge is 0.870 e. The Bertz CT molecular complexity index is 35.4. The summed E-state index contributed by atoms with van der Waals surface area (Å²) in [5.41, 5.74) is 0. The Morgan fingerprint density at radius 2 is 1.25 bits per heavy atom. The van der Waals surface area contributed by atoms with Crippen LogP contribution in [-0.4, -0.2) is 34.5 Å². The number of hydrogen-bond donors (Lipinski definition) is 0. The topological polar surface area (TPSA) is 125 Å². The van der Waals surface area contributed by atoms with Crippen LogP contribution in [0.25, 0.3) is 0 Å². The Hall–Kier alpha value is 0.722. The van der Waals surface area contributed by atoms with Crippen molar-refractivity contribution >= 4 is 23.5 Å². The summed E-state index contributed by atoms with van der Waals surface area (Å²) in [7, 11) is 0. The molecule has 0 amide bonds. The molecule has 0 aliphatic rings. The molecule has 0 unspecified atom stereocenters. The van der Waals surface area contributed by atoms with Gasteiger partial charge in [-0.05, 0) is 6.16 Å². The molecule has 0 bridgehead atoms. The quantitative estimate of drug-likeness (QED) is 0.314. The first-order valence-corrected chi connectivity index (χ1v) is 0.612. The van der Waals surface area contributed by atoms with Crippen LogP contribution in [0.3, 0.4) is 0 Å². The molecule has 7 heteroatoms. The predicted molar refractivity (Wildman–Crippen MR) is 16.7 cm³/mol. The van der Waals surface area contributed by atoms with Gasteiger partial charge in [-0.25, -0.2) is 0 Å². The van der Waals surface area contributed by atoms with Crippen molar-refractivity contribution in [3.8, 4) is 0 Å². The van der Waals surface area contributed by atoms with Gasteiger partial charge < -0.3 is 26.0 Å². The molecule has 0 fully saturated rings. The molecule has 0 atom stereocenters. The molecule has 5 nitrogen and oxygen atoms in total. The largest absolute Gasteiger partial charge is 3.00 e. The third-order valence-electron chi connectivity index (χ3n) is 0. The molecule has 40 valence electrons. The molecule has 0 rings (SSSR count). The minimum absolute atomic E-state index is 0. The zero-order valence-electron chi connectivity index (χ0n) is 4.25. The van der Waals surface area contributed by atoms with Gasteiger partial charge in [0.15, 0.2) is 0 Å². The molecule has 0 aromatic heterocycles. The summed E-state index contributed by atoms with van der Waals surface area (Å²) in [6.07, 6.45) is -2.33. The van der Waals surface area contributed by atoms with Crippen LogP contribution in [0.4, 0.5) is 4.79 Å². The number of carboxylic acid groups (broad SMARTS) is 2. The van der Waals surface area contributed by atoms with Gasteiger partial charge in [-0.2, -0.15) is 0 Å². The van der Waals surface area contributed by atoms with Gasteiger partial charge >= 0.3 is 46.9 Å². The van der Waals surface area contributed by atoms with Crippen molar-refractivity contribution in [2.75, 3.05) is 0 Å². The van der Waals surface area contributed by atoms with Crippen LogP contribution in [0, 0.1) is 0 Å². The van der Waals surface area contributed by atoms with Crippen LogP contribution in [0.15, 0.2) is 0 Å². The van der Waals surface area contributed by atoms with E-state index in [-0.39, 0.29) is 57.9 Å². The van der Waals surface area contributed by atoms with E-state index in [1.165, 1.54) is 0 Å². The van der Waals surface area contributed by atoms with Gasteiger partial charge in [-0.15, -0.1) is 0 Å². The van der Waals surface area contributed by atoms with Crippen molar-refractivity contribution in [3.63, 3.8) is 0 Å². The first kappa shape index (κ1) is 37.5. The van der Waals surface area contributed by atoms with Gasteiger partial charge in [-0.1, -0.05) is 0 Å². The summed E-state index contributed by atoms with van der Waals surface area (Å²) in [6.45, 7) is 0. The minimum atomic E-state index is -2.33. The Kier molecular flexibility index (Phi) is 118. The van der Waals surface area contributed by atoms with E-state index < -0.39 is 6.16 Å². The maximum absolute atomic E-state index is 8.33. The molecular formula is CH3AlNaO5+. The van der Waals surface area contributed by atoms with Crippen LogP contribution in [-0.2, 0) is 0 Å². The first-order valence-electron chi connectivity index (χ1n) is 0.612. The molecule has 0 heterocycles. The van der Waals surface area contributed by atoms with E-state index in [0.717, 1.165) is 0 Å². The SMILES string of the molecule is O.O=C([O-])[O-].[Al+3].[Na+].[OH-]. The normalized spacial score (nSPS) is 3.00. The second-order valence-corrected chi connectivity index (χ2v) is 0.250. The van der Waals surface area contributed by atoms with Gasteiger partial charge in [0.2, 0.25) is 0 Å². The van der Waals surface area contributed by atoms with E-state index in [9.17, 15) is 0 Å². The summed E-state index contributed by atoms with van der Waals surface area (Å²) < 4.78 is 0. The van der Waals surface area contributed by atoms with E-state index in [0.29, 0.717) is 0 Å². The van der Waals surface area contributed by atoms with Gasteiger partial charge in [0.25, 0.3) is 0 Å². The van der Waals surface area contributed by atoms with E-state index in [2.05, 4.69) is 0 Å². The number of carbonyl (C=O) groups excluding carboxylic acids is 1. The Morgan fingerprint density at radius 3 is 1.25 bits per heavy atom. The van der Waals surface area contributed by atoms with E-state index in [1.807, 2.05) is 0 Å². The summed E-state index contributed by atoms with van der Waals surface area (Å²) in [6, 6.07) is 0. The minimum Gasteiger partial charge on any atom is -0.870 e. The predicted octanol–water partition coefficient (Wildman–Crippen LogP) is -6.83. The van der Waals surface area contributed by atoms with Crippen molar-refractivity contribution in [1.29, 1.82) is 0 Å². The summed E-state index contributed by atoms with van der Waals surface area (Å²) >= 11 is 0. The van der Waals surface area contributed by atoms with Crippen LogP contribution in [0.5, 0.6) is 0 Å².